The number of amides is 1. The van der Waals surface area contributed by atoms with E-state index in [2.05, 4.69) is 4.98 Å². The third-order valence-electron chi connectivity index (χ3n) is 3.36. The van der Waals surface area contributed by atoms with Gasteiger partial charge in [0.05, 0.1) is 0 Å². The minimum Gasteiger partial charge on any atom is -0.481 e. The minimum absolute atomic E-state index is 0.333. The van der Waals surface area contributed by atoms with E-state index < -0.39 is 12.4 Å². The first-order chi connectivity index (χ1) is 9.61. The second-order valence-corrected chi connectivity index (χ2v) is 4.65. The lowest BCUT2D eigenvalue weighted by Gasteiger charge is -2.19. The lowest BCUT2D eigenvalue weighted by Crippen LogP contribution is -2.34. The Labute approximate surface area is 117 Å². The average molecular weight is 274 g/mol. The smallest absolute Gasteiger partial charge is 0.312 e. The van der Waals surface area contributed by atoms with Gasteiger partial charge in [-0.2, -0.15) is 0 Å². The van der Waals surface area contributed by atoms with Crippen LogP contribution in [0.4, 0.5) is 0 Å². The number of rotatable bonds is 6. The summed E-state index contributed by atoms with van der Waals surface area (Å²) in [5.74, 6) is -1.42. The first-order valence-electron chi connectivity index (χ1n) is 6.66. The van der Waals surface area contributed by atoms with E-state index in [9.17, 15) is 9.59 Å². The molecule has 5 nitrogen and oxygen atoms in total. The minimum atomic E-state index is -1.08. The van der Waals surface area contributed by atoms with Crippen molar-refractivity contribution < 1.29 is 14.7 Å². The zero-order chi connectivity index (χ0) is 14.5. The van der Waals surface area contributed by atoms with E-state index in [4.69, 9.17) is 5.11 Å². The number of para-hydroxylation sites is 1. The first-order valence-corrected chi connectivity index (χ1v) is 6.66. The largest absolute Gasteiger partial charge is 0.481 e. The fourth-order valence-electron chi connectivity index (χ4n) is 2.29. The molecule has 0 radical (unpaired) electrons. The van der Waals surface area contributed by atoms with Crippen LogP contribution in [0.25, 0.3) is 10.9 Å². The van der Waals surface area contributed by atoms with Crippen molar-refractivity contribution in [1.29, 1.82) is 0 Å². The van der Waals surface area contributed by atoms with Crippen molar-refractivity contribution in [1.82, 2.24) is 9.88 Å². The molecule has 20 heavy (non-hydrogen) atoms. The highest BCUT2D eigenvalue weighted by atomic mass is 16.4. The summed E-state index contributed by atoms with van der Waals surface area (Å²) >= 11 is 0. The molecule has 0 aliphatic carbocycles. The van der Waals surface area contributed by atoms with Crippen molar-refractivity contribution in [3.05, 3.63) is 36.0 Å². The lowest BCUT2D eigenvalue weighted by molar-refractivity contribution is -0.144. The van der Waals surface area contributed by atoms with Crippen molar-refractivity contribution >= 4 is 22.8 Å². The monoisotopic (exact) mass is 274 g/mol. The van der Waals surface area contributed by atoms with Crippen LogP contribution in [0.5, 0.6) is 0 Å². The molecule has 0 bridgehead atoms. The summed E-state index contributed by atoms with van der Waals surface area (Å²) in [6, 6.07) is 7.99. The summed E-state index contributed by atoms with van der Waals surface area (Å²) in [5.41, 5.74) is 2.21. The lowest BCUT2D eigenvalue weighted by atomic mass is 10.1. The number of carbonyl (C=O) groups is 2. The molecule has 5 heteroatoms. The number of aromatic amines is 1. The highest BCUT2D eigenvalue weighted by Crippen LogP contribution is 2.18. The van der Waals surface area contributed by atoms with Gasteiger partial charge in [0.25, 0.3) is 0 Å². The van der Waals surface area contributed by atoms with Crippen LogP contribution in [-0.4, -0.2) is 40.0 Å². The maximum atomic E-state index is 11.7. The van der Waals surface area contributed by atoms with Gasteiger partial charge in [-0.3, -0.25) is 9.59 Å². The van der Waals surface area contributed by atoms with Crippen molar-refractivity contribution in [2.75, 3.05) is 13.1 Å². The molecule has 2 aromatic rings. The second-order valence-electron chi connectivity index (χ2n) is 4.65. The van der Waals surface area contributed by atoms with Gasteiger partial charge in [-0.05, 0) is 25.0 Å². The van der Waals surface area contributed by atoms with Crippen LogP contribution >= 0.6 is 0 Å². The molecule has 0 fully saturated rings. The molecule has 2 N–H and O–H groups in total. The summed E-state index contributed by atoms with van der Waals surface area (Å²) in [7, 11) is 0. The van der Waals surface area contributed by atoms with E-state index in [1.54, 1.807) is 4.90 Å². The molecule has 2 rings (SSSR count). The number of aromatic nitrogens is 1. The predicted octanol–water partition coefficient (Wildman–Crippen LogP) is 2.03. The SMILES string of the molecule is CCN(CCc1c[nH]c2ccccc12)C(=O)CC(=O)O. The molecule has 0 spiro atoms. The Bertz CT molecular complexity index is 618. The molecule has 106 valence electrons. The van der Waals surface area contributed by atoms with Gasteiger partial charge < -0.3 is 15.0 Å². The predicted molar refractivity (Wildman–Crippen MR) is 76.5 cm³/mol. The average Bonchev–Trinajstić information content (AvgIpc) is 2.82. The molecule has 0 saturated carbocycles. The molecule has 0 unspecified atom stereocenters. The topological polar surface area (TPSA) is 73.4 Å². The molecular formula is C15H18N2O3. The Kier molecular flexibility index (Phi) is 4.40. The van der Waals surface area contributed by atoms with Gasteiger partial charge in [-0.25, -0.2) is 0 Å². The number of likely N-dealkylation sites (N-methyl/N-ethyl adjacent to an activating group) is 1. The van der Waals surface area contributed by atoms with Crippen LogP contribution in [0.1, 0.15) is 18.9 Å². The van der Waals surface area contributed by atoms with Gasteiger partial charge in [0.2, 0.25) is 5.91 Å². The number of nitrogens with zero attached hydrogens (tertiary/aromatic N) is 1. The van der Waals surface area contributed by atoms with Crippen LogP contribution in [0.3, 0.4) is 0 Å². The Hall–Kier alpha value is -2.30. The maximum absolute atomic E-state index is 11.7. The molecule has 0 atom stereocenters. The van der Waals surface area contributed by atoms with Gasteiger partial charge in [-0.1, -0.05) is 18.2 Å². The van der Waals surface area contributed by atoms with Gasteiger partial charge in [0, 0.05) is 30.2 Å². The molecule has 1 heterocycles. The fraction of sp³-hybridized carbons (Fsp3) is 0.333. The summed E-state index contributed by atoms with van der Waals surface area (Å²) < 4.78 is 0. The van der Waals surface area contributed by atoms with Gasteiger partial charge in [-0.15, -0.1) is 0 Å². The Balaban J connectivity index is 2.03. The quantitative estimate of drug-likeness (QED) is 0.792. The van der Waals surface area contributed by atoms with Gasteiger partial charge in [0.1, 0.15) is 6.42 Å². The number of benzene rings is 1. The third kappa shape index (κ3) is 3.17. The second kappa shape index (κ2) is 6.23. The van der Waals surface area contributed by atoms with E-state index in [0.717, 1.165) is 16.5 Å². The van der Waals surface area contributed by atoms with Crippen molar-refractivity contribution in [2.45, 2.75) is 19.8 Å². The van der Waals surface area contributed by atoms with Crippen LogP contribution in [0.15, 0.2) is 30.5 Å². The number of carbonyl (C=O) groups excluding carboxylic acids is 1. The summed E-state index contributed by atoms with van der Waals surface area (Å²) in [6.45, 7) is 2.91. The number of nitrogens with one attached hydrogen (secondary N) is 1. The normalized spacial score (nSPS) is 10.7. The van der Waals surface area contributed by atoms with Crippen LogP contribution in [-0.2, 0) is 16.0 Å². The van der Waals surface area contributed by atoms with Gasteiger partial charge in [0.15, 0.2) is 0 Å². The van der Waals surface area contributed by atoms with Crippen molar-refractivity contribution in [3.63, 3.8) is 0 Å². The van der Waals surface area contributed by atoms with E-state index in [1.165, 1.54) is 0 Å². The number of fused-ring (bicyclic) bond motifs is 1. The molecule has 0 saturated heterocycles. The van der Waals surface area contributed by atoms with Crippen LogP contribution in [0, 0.1) is 0 Å². The number of carboxylic acid groups (broad SMARTS) is 1. The Morgan fingerprint density at radius 3 is 2.75 bits per heavy atom. The maximum Gasteiger partial charge on any atom is 0.312 e. The highest BCUT2D eigenvalue weighted by molar-refractivity contribution is 5.93. The summed E-state index contributed by atoms with van der Waals surface area (Å²) in [6.07, 6.45) is 2.21. The molecule has 1 amide bonds. The summed E-state index contributed by atoms with van der Waals surface area (Å²) in [5, 5.41) is 9.82. The number of carboxylic acids is 1. The standard InChI is InChI=1S/C15H18N2O3/c1-2-17(14(18)9-15(19)20)8-7-11-10-16-13-6-4-3-5-12(11)13/h3-6,10,16H,2,7-9H2,1H3,(H,19,20). The summed E-state index contributed by atoms with van der Waals surface area (Å²) in [4.78, 5) is 27.1. The number of aliphatic carboxylic acids is 1. The first kappa shape index (κ1) is 14.1. The van der Waals surface area contributed by atoms with E-state index in [1.807, 2.05) is 37.4 Å². The molecule has 1 aromatic carbocycles. The zero-order valence-corrected chi connectivity index (χ0v) is 11.4. The number of hydrogen-bond acceptors (Lipinski definition) is 2. The Morgan fingerprint density at radius 1 is 1.30 bits per heavy atom. The van der Waals surface area contributed by atoms with Crippen molar-refractivity contribution in [3.8, 4) is 0 Å². The number of hydrogen-bond donors (Lipinski definition) is 2. The van der Waals surface area contributed by atoms with E-state index in [-0.39, 0.29) is 5.91 Å². The molecule has 0 aliphatic heterocycles. The van der Waals surface area contributed by atoms with Crippen molar-refractivity contribution in [2.24, 2.45) is 0 Å². The van der Waals surface area contributed by atoms with E-state index in [0.29, 0.717) is 19.5 Å². The molecular weight excluding hydrogens is 256 g/mol. The van der Waals surface area contributed by atoms with Crippen LogP contribution < -0.4 is 0 Å². The molecule has 0 aliphatic rings. The van der Waals surface area contributed by atoms with E-state index >= 15 is 0 Å². The van der Waals surface area contributed by atoms with Gasteiger partial charge >= 0.3 is 5.97 Å². The zero-order valence-electron chi connectivity index (χ0n) is 11.4. The number of H-pyrrole nitrogens is 1. The Morgan fingerprint density at radius 2 is 2.05 bits per heavy atom. The highest BCUT2D eigenvalue weighted by Gasteiger charge is 2.15. The van der Waals surface area contributed by atoms with Crippen LogP contribution in [0.2, 0.25) is 0 Å². The fourth-order valence-corrected chi connectivity index (χ4v) is 2.29. The molecule has 1 aromatic heterocycles. The third-order valence-corrected chi connectivity index (χ3v) is 3.36.